The van der Waals surface area contributed by atoms with Gasteiger partial charge in [-0.15, -0.1) is 0 Å². The number of hydrogen-bond acceptors (Lipinski definition) is 3. The van der Waals surface area contributed by atoms with Crippen LogP contribution in [0.2, 0.25) is 0 Å². The first-order valence-electron chi connectivity index (χ1n) is 5.67. The van der Waals surface area contributed by atoms with E-state index in [-0.39, 0.29) is 41.0 Å². The van der Waals surface area contributed by atoms with Crippen molar-refractivity contribution in [3.05, 3.63) is 12.2 Å². The fraction of sp³-hybridized carbons (Fsp3) is 0.667. The molecule has 0 aromatic heterocycles. The van der Waals surface area contributed by atoms with Gasteiger partial charge in [0.1, 0.15) is 0 Å². The molecule has 4 heteroatoms. The molecular weight excluding hydrogens is 206 g/mol. The van der Waals surface area contributed by atoms with Gasteiger partial charge < -0.3 is 10.5 Å². The first kappa shape index (κ1) is 9.87. The maximum atomic E-state index is 11.8. The number of rotatable bonds is 2. The number of esters is 1. The second-order valence-corrected chi connectivity index (χ2v) is 5.15. The molecule has 4 nitrogen and oxygen atoms in total. The molecule has 2 unspecified atom stereocenters. The maximum Gasteiger partial charge on any atom is 0.310 e. The third-order valence-corrected chi connectivity index (χ3v) is 4.64. The molecule has 3 aliphatic rings. The number of methoxy groups -OCH3 is 1. The molecule has 0 aromatic carbocycles. The van der Waals surface area contributed by atoms with Crippen molar-refractivity contribution >= 4 is 11.9 Å². The van der Waals surface area contributed by atoms with Crippen molar-refractivity contribution in [3.8, 4) is 0 Å². The van der Waals surface area contributed by atoms with E-state index in [0.717, 1.165) is 12.8 Å². The topological polar surface area (TPSA) is 69.4 Å². The standard InChI is InChI=1S/C12H15NO3/c1-16-11(15)9-7-3-2-6(8(9)10(13)14)12(7)4-5-12/h2-3,6-9H,4-5H2,1H3,(H2,13,14)/t6-,7+,8?,9?/m0/s1. The second kappa shape index (κ2) is 2.87. The number of hydrogen-bond donors (Lipinski definition) is 1. The van der Waals surface area contributed by atoms with Gasteiger partial charge in [-0.25, -0.2) is 0 Å². The number of carbonyl (C=O) groups excluding carboxylic acids is 2. The molecule has 0 aromatic rings. The second-order valence-electron chi connectivity index (χ2n) is 5.15. The summed E-state index contributed by atoms with van der Waals surface area (Å²) in [5.41, 5.74) is 5.60. The smallest absolute Gasteiger partial charge is 0.310 e. The van der Waals surface area contributed by atoms with E-state index in [1.165, 1.54) is 7.11 Å². The number of nitrogens with two attached hydrogens (primary N) is 1. The lowest BCUT2D eigenvalue weighted by Crippen LogP contribution is -2.37. The quantitative estimate of drug-likeness (QED) is 0.544. The zero-order chi connectivity index (χ0) is 11.5. The van der Waals surface area contributed by atoms with E-state index in [1.807, 2.05) is 0 Å². The van der Waals surface area contributed by atoms with Crippen molar-refractivity contribution in [3.63, 3.8) is 0 Å². The predicted molar refractivity (Wildman–Crippen MR) is 56.0 cm³/mol. The number of primary amides is 1. The van der Waals surface area contributed by atoms with Crippen LogP contribution in [0.25, 0.3) is 0 Å². The van der Waals surface area contributed by atoms with Gasteiger partial charge in [-0.1, -0.05) is 12.2 Å². The summed E-state index contributed by atoms with van der Waals surface area (Å²) in [5, 5.41) is 0. The Hall–Kier alpha value is -1.32. The molecule has 2 N–H and O–H groups in total. The van der Waals surface area contributed by atoms with Gasteiger partial charge in [0.15, 0.2) is 0 Å². The zero-order valence-electron chi connectivity index (χ0n) is 9.18. The van der Waals surface area contributed by atoms with Gasteiger partial charge in [-0.2, -0.15) is 0 Å². The van der Waals surface area contributed by atoms with Crippen molar-refractivity contribution in [1.29, 1.82) is 0 Å². The summed E-state index contributed by atoms with van der Waals surface area (Å²) in [5.74, 6) is -1.02. The molecule has 3 rings (SSSR count). The monoisotopic (exact) mass is 221 g/mol. The van der Waals surface area contributed by atoms with Gasteiger partial charge in [-0.05, 0) is 30.1 Å². The largest absolute Gasteiger partial charge is 0.469 e. The highest BCUT2D eigenvalue weighted by molar-refractivity contribution is 5.87. The van der Waals surface area contributed by atoms with Crippen LogP contribution in [0.3, 0.4) is 0 Å². The van der Waals surface area contributed by atoms with Crippen LogP contribution in [0.5, 0.6) is 0 Å². The highest BCUT2D eigenvalue weighted by atomic mass is 16.5. The Balaban J connectivity index is 2.01. The normalized spacial score (nSPS) is 41.3. The summed E-state index contributed by atoms with van der Waals surface area (Å²) in [6, 6.07) is 0. The SMILES string of the molecule is COC(=O)C1C(C(N)=O)[C@@H]2C=C[C@H]1C21CC1. The van der Waals surface area contributed by atoms with Crippen LogP contribution in [0.15, 0.2) is 12.2 Å². The number of amides is 1. The summed E-state index contributed by atoms with van der Waals surface area (Å²) >= 11 is 0. The van der Waals surface area contributed by atoms with E-state index >= 15 is 0 Å². The van der Waals surface area contributed by atoms with Gasteiger partial charge in [0.2, 0.25) is 5.91 Å². The van der Waals surface area contributed by atoms with Gasteiger partial charge in [0, 0.05) is 0 Å². The molecule has 3 aliphatic carbocycles. The van der Waals surface area contributed by atoms with E-state index in [0.29, 0.717) is 0 Å². The molecule has 0 saturated heterocycles. The van der Waals surface area contributed by atoms with Crippen LogP contribution in [0.1, 0.15) is 12.8 Å². The van der Waals surface area contributed by atoms with E-state index in [2.05, 4.69) is 12.2 Å². The molecule has 2 bridgehead atoms. The molecule has 0 aliphatic heterocycles. The Morgan fingerprint density at radius 2 is 1.81 bits per heavy atom. The third-order valence-electron chi connectivity index (χ3n) is 4.64. The van der Waals surface area contributed by atoms with Crippen LogP contribution >= 0.6 is 0 Å². The molecular formula is C12H15NO3. The van der Waals surface area contributed by atoms with Gasteiger partial charge in [0.25, 0.3) is 0 Å². The highest BCUT2D eigenvalue weighted by Gasteiger charge is 2.69. The number of carbonyl (C=O) groups is 2. The van der Waals surface area contributed by atoms with Crippen LogP contribution in [0.4, 0.5) is 0 Å². The van der Waals surface area contributed by atoms with Crippen LogP contribution in [-0.4, -0.2) is 19.0 Å². The molecule has 2 saturated carbocycles. The van der Waals surface area contributed by atoms with Gasteiger partial charge in [0.05, 0.1) is 18.9 Å². The van der Waals surface area contributed by atoms with E-state index in [9.17, 15) is 9.59 Å². The Morgan fingerprint density at radius 1 is 1.25 bits per heavy atom. The Kier molecular flexibility index (Phi) is 1.77. The highest BCUT2D eigenvalue weighted by Crippen LogP contribution is 2.71. The van der Waals surface area contributed by atoms with Gasteiger partial charge >= 0.3 is 5.97 Å². The third kappa shape index (κ3) is 0.950. The number of allylic oxidation sites excluding steroid dienone is 2. The molecule has 0 radical (unpaired) electrons. The van der Waals surface area contributed by atoms with Crippen molar-refractivity contribution in [2.45, 2.75) is 12.8 Å². The minimum atomic E-state index is -0.362. The Morgan fingerprint density at radius 3 is 2.25 bits per heavy atom. The average Bonchev–Trinajstić information content (AvgIpc) is 2.92. The van der Waals surface area contributed by atoms with Crippen LogP contribution < -0.4 is 5.73 Å². The fourth-order valence-electron chi connectivity index (χ4n) is 3.84. The first-order chi connectivity index (χ1) is 7.62. The summed E-state index contributed by atoms with van der Waals surface area (Å²) in [4.78, 5) is 23.3. The predicted octanol–water partition coefficient (Wildman–Crippen LogP) is 0.473. The van der Waals surface area contributed by atoms with E-state index in [4.69, 9.17) is 10.5 Å². The molecule has 1 spiro atoms. The molecule has 4 atom stereocenters. The molecule has 0 heterocycles. The fourth-order valence-corrected chi connectivity index (χ4v) is 3.84. The average molecular weight is 221 g/mol. The zero-order valence-corrected chi connectivity index (χ0v) is 9.18. The lowest BCUT2D eigenvalue weighted by atomic mass is 9.82. The lowest BCUT2D eigenvalue weighted by Gasteiger charge is -2.22. The number of ether oxygens (including phenoxy) is 1. The Labute approximate surface area is 93.8 Å². The summed E-state index contributed by atoms with van der Waals surface area (Å²) < 4.78 is 4.81. The van der Waals surface area contributed by atoms with Crippen molar-refractivity contribution in [1.82, 2.24) is 0 Å². The summed E-state index contributed by atoms with van der Waals surface area (Å²) in [6.45, 7) is 0. The lowest BCUT2D eigenvalue weighted by molar-refractivity contribution is -0.150. The van der Waals surface area contributed by atoms with E-state index in [1.54, 1.807) is 0 Å². The van der Waals surface area contributed by atoms with E-state index < -0.39 is 0 Å². The molecule has 2 fully saturated rings. The molecule has 1 amide bonds. The Bertz CT molecular complexity index is 397. The summed E-state index contributed by atoms with van der Waals surface area (Å²) in [7, 11) is 1.37. The maximum absolute atomic E-state index is 11.8. The van der Waals surface area contributed by atoms with Crippen LogP contribution in [-0.2, 0) is 14.3 Å². The molecule has 16 heavy (non-hydrogen) atoms. The summed E-state index contributed by atoms with van der Waals surface area (Å²) in [6.07, 6.45) is 6.37. The first-order valence-corrected chi connectivity index (χ1v) is 5.67. The van der Waals surface area contributed by atoms with Crippen molar-refractivity contribution in [2.75, 3.05) is 7.11 Å². The molecule has 86 valence electrons. The van der Waals surface area contributed by atoms with Gasteiger partial charge in [-0.3, -0.25) is 9.59 Å². The van der Waals surface area contributed by atoms with Crippen molar-refractivity contribution in [2.24, 2.45) is 34.8 Å². The minimum absolute atomic E-state index is 0.165. The van der Waals surface area contributed by atoms with Crippen LogP contribution in [0, 0.1) is 29.1 Å². The van der Waals surface area contributed by atoms with Crippen molar-refractivity contribution < 1.29 is 14.3 Å². The minimum Gasteiger partial charge on any atom is -0.469 e.